The normalized spacial score (nSPS) is 17.3. The molecular formula is C26H25N3O4. The van der Waals surface area contributed by atoms with Gasteiger partial charge in [0.2, 0.25) is 0 Å². The fourth-order valence-electron chi connectivity index (χ4n) is 4.76. The number of nitrogens with zero attached hydrogens (tertiary/aromatic N) is 2. The minimum Gasteiger partial charge on any atom is -0.489 e. The molecule has 2 aromatic carbocycles. The fourth-order valence-corrected chi connectivity index (χ4v) is 4.76. The molecule has 1 aliphatic heterocycles. The number of anilines is 1. The summed E-state index contributed by atoms with van der Waals surface area (Å²) < 4.78 is 8.56. The molecule has 0 saturated heterocycles. The Labute approximate surface area is 191 Å². The van der Waals surface area contributed by atoms with E-state index in [1.165, 1.54) is 11.6 Å². The minimum absolute atomic E-state index is 0.0333. The predicted octanol–water partition coefficient (Wildman–Crippen LogP) is 3.23. The third-order valence-electron chi connectivity index (χ3n) is 6.44. The van der Waals surface area contributed by atoms with Crippen LogP contribution in [0.25, 0.3) is 0 Å². The number of Topliss-reactive ketones (excluding diaryl/α,β-unsaturated/α-hetero) is 1. The molecule has 0 radical (unpaired) electrons. The van der Waals surface area contributed by atoms with Gasteiger partial charge in [0.15, 0.2) is 5.78 Å². The number of rotatable bonds is 4. The molecule has 0 unspecified atom stereocenters. The fraction of sp³-hybridized carbons (Fsp3) is 0.269. The van der Waals surface area contributed by atoms with Gasteiger partial charge in [0, 0.05) is 37.7 Å². The van der Waals surface area contributed by atoms with E-state index in [0.717, 1.165) is 27.8 Å². The maximum atomic E-state index is 13.3. The molecular weight excluding hydrogens is 418 g/mol. The summed E-state index contributed by atoms with van der Waals surface area (Å²) in [5.41, 5.74) is 2.86. The Morgan fingerprint density at radius 1 is 0.970 bits per heavy atom. The van der Waals surface area contributed by atoms with Gasteiger partial charge in [0.1, 0.15) is 18.2 Å². The number of nitrogens with one attached hydrogen (secondary N) is 1. The van der Waals surface area contributed by atoms with Gasteiger partial charge in [-0.2, -0.15) is 0 Å². The molecule has 7 heteroatoms. The van der Waals surface area contributed by atoms with Crippen molar-refractivity contribution in [2.45, 2.75) is 31.8 Å². The summed E-state index contributed by atoms with van der Waals surface area (Å²) in [5, 5.41) is 3.24. The highest BCUT2D eigenvalue weighted by Crippen LogP contribution is 2.43. The van der Waals surface area contributed by atoms with E-state index >= 15 is 0 Å². The van der Waals surface area contributed by atoms with Gasteiger partial charge in [-0.15, -0.1) is 0 Å². The van der Waals surface area contributed by atoms with Gasteiger partial charge in [0.05, 0.1) is 5.56 Å². The van der Waals surface area contributed by atoms with Crippen molar-refractivity contribution < 1.29 is 9.53 Å². The van der Waals surface area contributed by atoms with Gasteiger partial charge in [0.25, 0.3) is 5.56 Å². The lowest BCUT2D eigenvalue weighted by molar-refractivity contribution is -0.116. The van der Waals surface area contributed by atoms with E-state index in [0.29, 0.717) is 42.2 Å². The molecule has 5 rings (SSSR count). The second-order valence-corrected chi connectivity index (χ2v) is 8.54. The van der Waals surface area contributed by atoms with Gasteiger partial charge in [-0.1, -0.05) is 42.5 Å². The molecule has 3 aromatic rings. The average Bonchev–Trinajstić information content (AvgIpc) is 2.85. The first-order valence-electron chi connectivity index (χ1n) is 11.1. The zero-order valence-electron chi connectivity index (χ0n) is 18.6. The summed E-state index contributed by atoms with van der Waals surface area (Å²) in [7, 11) is 3.11. The molecule has 1 aromatic heterocycles. The number of hydrogen-bond acceptors (Lipinski definition) is 5. The lowest BCUT2D eigenvalue weighted by atomic mass is 9.76. The van der Waals surface area contributed by atoms with E-state index in [2.05, 4.69) is 5.32 Å². The van der Waals surface area contributed by atoms with Crippen LogP contribution >= 0.6 is 0 Å². The third kappa shape index (κ3) is 3.59. The summed E-state index contributed by atoms with van der Waals surface area (Å²) in [5.74, 6) is 0.585. The number of carbonyl (C=O) groups is 1. The lowest BCUT2D eigenvalue weighted by Crippen LogP contribution is -2.44. The largest absolute Gasteiger partial charge is 0.489 e. The first-order chi connectivity index (χ1) is 16.0. The van der Waals surface area contributed by atoms with Gasteiger partial charge in [-0.25, -0.2) is 4.79 Å². The minimum atomic E-state index is -0.560. The number of fused-ring (bicyclic) bond motifs is 1. The standard InChI is InChI=1S/C26H25N3O4/c1-28-24-23(25(31)29(2)26(28)32)21(22-19(27-24)12-7-13-20(22)30)17-10-6-11-18(14-17)33-15-16-8-4-3-5-9-16/h3-6,8-11,14,21,27H,7,12-13,15H2,1-2H3/t21-/m1/s1. The van der Waals surface area contributed by atoms with E-state index in [4.69, 9.17) is 4.74 Å². The van der Waals surface area contributed by atoms with E-state index in [9.17, 15) is 14.4 Å². The Hall–Kier alpha value is -3.87. The van der Waals surface area contributed by atoms with Crippen LogP contribution in [0.3, 0.4) is 0 Å². The topological polar surface area (TPSA) is 82.3 Å². The monoisotopic (exact) mass is 443 g/mol. The zero-order valence-corrected chi connectivity index (χ0v) is 18.6. The number of aromatic nitrogens is 2. The molecule has 33 heavy (non-hydrogen) atoms. The second-order valence-electron chi connectivity index (χ2n) is 8.54. The van der Waals surface area contributed by atoms with Crippen LogP contribution < -0.4 is 21.3 Å². The molecule has 2 heterocycles. The highest BCUT2D eigenvalue weighted by atomic mass is 16.5. The number of ketones is 1. The van der Waals surface area contributed by atoms with Gasteiger partial charge in [-0.3, -0.25) is 18.7 Å². The quantitative estimate of drug-likeness (QED) is 0.670. The molecule has 0 saturated carbocycles. The van der Waals surface area contributed by atoms with Crippen LogP contribution in [0.4, 0.5) is 5.82 Å². The van der Waals surface area contributed by atoms with E-state index in [1.54, 1.807) is 7.05 Å². The number of carbonyl (C=O) groups excluding carboxylic acids is 1. The molecule has 1 atom stereocenters. The average molecular weight is 444 g/mol. The van der Waals surface area contributed by atoms with Crippen LogP contribution in [0.1, 0.15) is 41.9 Å². The van der Waals surface area contributed by atoms with Crippen LogP contribution in [0.15, 0.2) is 75.5 Å². The van der Waals surface area contributed by atoms with Crippen molar-refractivity contribution in [1.29, 1.82) is 0 Å². The van der Waals surface area contributed by atoms with Crippen molar-refractivity contribution >= 4 is 11.6 Å². The number of ether oxygens (including phenoxy) is 1. The highest BCUT2D eigenvalue weighted by molar-refractivity contribution is 6.00. The van der Waals surface area contributed by atoms with Crippen molar-refractivity contribution in [1.82, 2.24) is 9.13 Å². The maximum Gasteiger partial charge on any atom is 0.332 e. The highest BCUT2D eigenvalue weighted by Gasteiger charge is 2.38. The van der Waals surface area contributed by atoms with Gasteiger partial charge in [-0.05, 0) is 36.1 Å². The van der Waals surface area contributed by atoms with Crippen LogP contribution in [-0.2, 0) is 25.5 Å². The van der Waals surface area contributed by atoms with Crippen molar-refractivity contribution in [3.63, 3.8) is 0 Å². The summed E-state index contributed by atoms with van der Waals surface area (Å²) in [6.07, 6.45) is 1.89. The molecule has 7 nitrogen and oxygen atoms in total. The molecule has 1 aliphatic carbocycles. The van der Waals surface area contributed by atoms with E-state index < -0.39 is 17.2 Å². The summed E-state index contributed by atoms with van der Waals surface area (Å²) in [6, 6.07) is 17.4. The van der Waals surface area contributed by atoms with Crippen LogP contribution in [0, 0.1) is 0 Å². The summed E-state index contributed by atoms with van der Waals surface area (Å²) >= 11 is 0. The third-order valence-corrected chi connectivity index (χ3v) is 6.44. The summed E-state index contributed by atoms with van der Waals surface area (Å²) in [6.45, 7) is 0.413. The Kier molecular flexibility index (Phi) is 5.24. The zero-order chi connectivity index (χ0) is 23.1. The van der Waals surface area contributed by atoms with Gasteiger partial charge < -0.3 is 10.1 Å². The molecule has 0 bridgehead atoms. The lowest BCUT2D eigenvalue weighted by Gasteiger charge is -2.34. The number of allylic oxidation sites excluding steroid dienone is 2. The van der Waals surface area contributed by atoms with E-state index in [-0.39, 0.29) is 5.78 Å². The first kappa shape index (κ1) is 21.0. The first-order valence-corrected chi connectivity index (χ1v) is 11.1. The SMILES string of the molecule is Cn1c2c(c(=O)n(C)c1=O)[C@H](c1cccc(OCc3ccccc3)c1)C1=C(CCCC1=O)N2. The molecule has 0 fully saturated rings. The second kappa shape index (κ2) is 8.24. The molecule has 0 spiro atoms. The van der Waals surface area contributed by atoms with Crippen molar-refractivity contribution in [3.05, 3.63) is 103 Å². The van der Waals surface area contributed by atoms with Crippen LogP contribution in [0.2, 0.25) is 0 Å². The van der Waals surface area contributed by atoms with Crippen LogP contribution in [0.5, 0.6) is 5.75 Å². The Morgan fingerprint density at radius 3 is 2.55 bits per heavy atom. The maximum absolute atomic E-state index is 13.3. The Morgan fingerprint density at radius 2 is 1.76 bits per heavy atom. The Bertz CT molecular complexity index is 1400. The number of hydrogen-bond donors (Lipinski definition) is 1. The van der Waals surface area contributed by atoms with Gasteiger partial charge >= 0.3 is 5.69 Å². The Balaban J connectivity index is 1.64. The molecule has 1 N–H and O–H groups in total. The molecule has 168 valence electrons. The smallest absolute Gasteiger partial charge is 0.332 e. The number of benzene rings is 2. The van der Waals surface area contributed by atoms with E-state index in [1.807, 2.05) is 54.6 Å². The molecule has 2 aliphatic rings. The predicted molar refractivity (Wildman–Crippen MR) is 125 cm³/mol. The van der Waals surface area contributed by atoms with Crippen molar-refractivity contribution in [2.24, 2.45) is 14.1 Å². The summed E-state index contributed by atoms with van der Waals surface area (Å²) in [4.78, 5) is 38.9. The molecule has 0 amide bonds. The van der Waals surface area contributed by atoms with Crippen LogP contribution in [-0.4, -0.2) is 14.9 Å². The van der Waals surface area contributed by atoms with Crippen molar-refractivity contribution in [3.8, 4) is 5.75 Å². The van der Waals surface area contributed by atoms with Crippen molar-refractivity contribution in [2.75, 3.05) is 5.32 Å².